The molecule has 4 N–H and O–H groups in total. The number of fused-ring (bicyclic) bond motifs is 4. The van der Waals surface area contributed by atoms with Crippen LogP contribution in [0.3, 0.4) is 0 Å². The first-order valence-electron chi connectivity index (χ1n) is 16.3. The quantitative estimate of drug-likeness (QED) is 0.205. The molecule has 0 spiro atoms. The van der Waals surface area contributed by atoms with Crippen molar-refractivity contribution in [3.63, 3.8) is 0 Å². The summed E-state index contributed by atoms with van der Waals surface area (Å²) in [6.07, 6.45) is 9.14. The molecule has 4 aromatic rings. The van der Waals surface area contributed by atoms with Gasteiger partial charge in [-0.25, -0.2) is 4.79 Å². The van der Waals surface area contributed by atoms with E-state index in [0.717, 1.165) is 30.4 Å². The Balaban J connectivity index is 1.28. The van der Waals surface area contributed by atoms with E-state index in [2.05, 4.69) is 36.5 Å². The van der Waals surface area contributed by atoms with Gasteiger partial charge in [-0.05, 0) is 84.3 Å². The number of methoxy groups -OCH3 is 1. The Morgan fingerprint density at radius 1 is 1.08 bits per heavy atom. The summed E-state index contributed by atoms with van der Waals surface area (Å²) in [6.45, 7) is 2.24. The number of halogens is 1. The molecule has 14 nitrogen and oxygen atoms in total. The summed E-state index contributed by atoms with van der Waals surface area (Å²) < 4.78 is 6.28. The largest absolute Gasteiger partial charge is 0.453 e. The van der Waals surface area contributed by atoms with Gasteiger partial charge in [0, 0.05) is 39.8 Å². The van der Waals surface area contributed by atoms with Gasteiger partial charge in [0.15, 0.2) is 0 Å². The van der Waals surface area contributed by atoms with Gasteiger partial charge < -0.3 is 25.4 Å². The van der Waals surface area contributed by atoms with E-state index in [0.29, 0.717) is 46.2 Å². The molecule has 260 valence electrons. The van der Waals surface area contributed by atoms with Gasteiger partial charge in [-0.3, -0.25) is 19.9 Å². The molecular formula is C35H38ClN9O5. The van der Waals surface area contributed by atoms with Crippen LogP contribution in [0.2, 0.25) is 5.02 Å². The number of likely N-dealkylation sites (tertiary alicyclic amines) is 1. The van der Waals surface area contributed by atoms with Crippen LogP contribution in [-0.2, 0) is 14.3 Å². The number of amides is 3. The Hall–Kier alpha value is -5.34. The zero-order chi connectivity index (χ0) is 35.3. The molecule has 1 fully saturated rings. The second-order valence-corrected chi connectivity index (χ2v) is 13.2. The topological polar surface area (TPSA) is 176 Å². The predicted octanol–water partition coefficient (Wildman–Crippen LogP) is 4.76. The summed E-state index contributed by atoms with van der Waals surface area (Å²) >= 11 is 6.26. The molecule has 3 amide bonds. The number of rotatable bonds is 6. The van der Waals surface area contributed by atoms with Gasteiger partial charge >= 0.3 is 6.09 Å². The zero-order valence-corrected chi connectivity index (χ0v) is 28.4. The van der Waals surface area contributed by atoms with Crippen LogP contribution in [0.5, 0.6) is 0 Å². The van der Waals surface area contributed by atoms with Gasteiger partial charge in [-0.1, -0.05) is 36.9 Å². The number of tetrazole rings is 1. The van der Waals surface area contributed by atoms with Crippen LogP contribution in [0.4, 0.5) is 16.2 Å². The number of pyridine rings is 1. The molecule has 2 aromatic heterocycles. The van der Waals surface area contributed by atoms with Crippen molar-refractivity contribution in [2.24, 2.45) is 0 Å². The molecule has 15 heteroatoms. The third kappa shape index (κ3) is 8.26. The van der Waals surface area contributed by atoms with Crippen LogP contribution < -0.4 is 16.0 Å². The van der Waals surface area contributed by atoms with Crippen LogP contribution >= 0.6 is 11.6 Å². The van der Waals surface area contributed by atoms with Crippen molar-refractivity contribution in [3.8, 4) is 16.8 Å². The van der Waals surface area contributed by atoms with Gasteiger partial charge in [0.05, 0.1) is 43.2 Å². The summed E-state index contributed by atoms with van der Waals surface area (Å²) in [7, 11) is 1.29. The first kappa shape index (κ1) is 34.5. The van der Waals surface area contributed by atoms with Crippen molar-refractivity contribution < 1.29 is 24.2 Å². The van der Waals surface area contributed by atoms with Crippen LogP contribution in [0.15, 0.2) is 67.1 Å². The molecule has 0 unspecified atom stereocenters. The standard InChI is InChI=1S/C35H38ClN9O5/c1-35(49)19-44(20-35)33(47)28-7-5-3-4-6-27(41-32(46)13-8-23-16-24(36)9-12-31(23)45-21-38-42-43-45)30-17-22(14-15-37-30)26-11-10-25(18-29(26)40-28)39-34(48)50-2/h8-18,21,27-28,40,49H,3-7,19-20H2,1-2H3,(H,39,48)(H,41,46)/b13-8+/t27-,28+/m0/s1. The number of carbonyl (C=O) groups is 3. The first-order chi connectivity index (χ1) is 24.1. The zero-order valence-electron chi connectivity index (χ0n) is 27.7. The van der Waals surface area contributed by atoms with E-state index in [1.165, 1.54) is 24.2 Å². The number of aliphatic hydroxyl groups is 1. The van der Waals surface area contributed by atoms with Gasteiger partial charge in [0.25, 0.3) is 0 Å². The fraction of sp³-hybridized carbons (Fsp3) is 0.343. The lowest BCUT2D eigenvalue weighted by Crippen LogP contribution is -2.64. The van der Waals surface area contributed by atoms with Gasteiger partial charge in [-0.2, -0.15) is 4.68 Å². The molecule has 0 saturated carbocycles. The molecule has 1 saturated heterocycles. The Labute approximate surface area is 293 Å². The van der Waals surface area contributed by atoms with Crippen LogP contribution in [-0.4, -0.2) is 84.9 Å². The molecule has 2 aliphatic heterocycles. The van der Waals surface area contributed by atoms with E-state index in [1.54, 1.807) is 54.4 Å². The molecule has 4 heterocycles. The molecular weight excluding hydrogens is 662 g/mol. The van der Waals surface area contributed by atoms with E-state index in [1.807, 2.05) is 18.2 Å². The summed E-state index contributed by atoms with van der Waals surface area (Å²) in [5, 5.41) is 31.4. The number of hydrogen-bond donors (Lipinski definition) is 4. The highest BCUT2D eigenvalue weighted by atomic mass is 35.5. The highest BCUT2D eigenvalue weighted by molar-refractivity contribution is 6.30. The van der Waals surface area contributed by atoms with E-state index in [-0.39, 0.29) is 24.9 Å². The molecule has 2 bridgehead atoms. The Morgan fingerprint density at radius 2 is 1.90 bits per heavy atom. The number of ether oxygens (including phenoxy) is 1. The Kier molecular flexibility index (Phi) is 10.4. The third-order valence-corrected chi connectivity index (χ3v) is 8.94. The molecule has 2 aliphatic rings. The van der Waals surface area contributed by atoms with Crippen molar-refractivity contribution in [1.82, 2.24) is 35.4 Å². The monoisotopic (exact) mass is 699 g/mol. The minimum absolute atomic E-state index is 0.0982. The second kappa shape index (κ2) is 15.0. The van der Waals surface area contributed by atoms with Crippen molar-refractivity contribution in [3.05, 3.63) is 83.4 Å². The van der Waals surface area contributed by atoms with Crippen molar-refractivity contribution in [1.29, 1.82) is 0 Å². The first-order valence-corrected chi connectivity index (χ1v) is 16.7. The molecule has 6 rings (SSSR count). The number of anilines is 2. The minimum Gasteiger partial charge on any atom is -0.453 e. The number of aromatic nitrogens is 5. The van der Waals surface area contributed by atoms with E-state index < -0.39 is 23.8 Å². The van der Waals surface area contributed by atoms with Crippen LogP contribution in [0.1, 0.15) is 56.3 Å². The predicted molar refractivity (Wildman–Crippen MR) is 187 cm³/mol. The lowest BCUT2D eigenvalue weighted by atomic mass is 9.94. The molecule has 0 aliphatic carbocycles. The number of nitrogens with zero attached hydrogens (tertiary/aromatic N) is 6. The average molecular weight is 700 g/mol. The SMILES string of the molecule is COC(=O)Nc1ccc2c(c1)N[C@@H](C(=O)N1CC(C)(O)C1)CCCCC[C@H](NC(=O)/C=C/c1cc(Cl)ccc1-n1cnnn1)c1cc-2ccn1. The van der Waals surface area contributed by atoms with Crippen molar-refractivity contribution in [2.75, 3.05) is 30.8 Å². The minimum atomic E-state index is -0.901. The van der Waals surface area contributed by atoms with Gasteiger partial charge in [0.2, 0.25) is 11.8 Å². The third-order valence-electron chi connectivity index (χ3n) is 8.70. The van der Waals surface area contributed by atoms with Gasteiger partial charge in [0.1, 0.15) is 12.4 Å². The summed E-state index contributed by atoms with van der Waals surface area (Å²) in [4.78, 5) is 45.4. The lowest BCUT2D eigenvalue weighted by molar-refractivity contribution is -0.153. The smallest absolute Gasteiger partial charge is 0.411 e. The van der Waals surface area contributed by atoms with E-state index >= 15 is 0 Å². The van der Waals surface area contributed by atoms with Crippen molar-refractivity contribution in [2.45, 2.75) is 56.7 Å². The molecule has 2 atom stereocenters. The summed E-state index contributed by atoms with van der Waals surface area (Å²) in [5.41, 5.74) is 3.79. The molecule has 50 heavy (non-hydrogen) atoms. The maximum atomic E-state index is 13.7. The number of β-amino-alcohol motifs (C(OH)–C–C–N with tert-alkyl or cyclic N) is 1. The summed E-state index contributed by atoms with van der Waals surface area (Å²) in [5.74, 6) is -0.412. The average Bonchev–Trinajstić information content (AvgIpc) is 3.63. The number of carbonyl (C=O) groups excluding carboxylic acids is 3. The maximum absolute atomic E-state index is 13.7. The van der Waals surface area contributed by atoms with Crippen LogP contribution in [0, 0.1) is 0 Å². The normalized spacial score (nSPS) is 18.7. The number of hydrogen-bond acceptors (Lipinski definition) is 10. The van der Waals surface area contributed by atoms with Crippen molar-refractivity contribution >= 4 is 47.0 Å². The summed E-state index contributed by atoms with van der Waals surface area (Å²) in [6, 6.07) is 13.4. The molecule has 2 aromatic carbocycles. The maximum Gasteiger partial charge on any atom is 0.411 e. The van der Waals surface area contributed by atoms with Crippen LogP contribution in [0.25, 0.3) is 22.9 Å². The highest BCUT2D eigenvalue weighted by Gasteiger charge is 2.41. The number of nitrogens with one attached hydrogen (secondary N) is 3. The highest BCUT2D eigenvalue weighted by Crippen LogP contribution is 2.35. The Morgan fingerprint density at radius 3 is 2.66 bits per heavy atom. The second-order valence-electron chi connectivity index (χ2n) is 12.7. The fourth-order valence-electron chi connectivity index (χ4n) is 6.26. The lowest BCUT2D eigenvalue weighted by Gasteiger charge is -2.45. The fourth-order valence-corrected chi connectivity index (χ4v) is 6.44. The number of benzene rings is 2. The molecule has 0 radical (unpaired) electrons. The van der Waals surface area contributed by atoms with E-state index in [4.69, 9.17) is 16.3 Å². The van der Waals surface area contributed by atoms with E-state index in [9.17, 15) is 19.5 Å². The Bertz CT molecular complexity index is 1890. The van der Waals surface area contributed by atoms with Gasteiger partial charge in [-0.15, -0.1) is 5.10 Å².